The Morgan fingerprint density at radius 1 is 1.36 bits per heavy atom. The monoisotopic (exact) mass is 296 g/mol. The molecule has 2 N–H and O–H groups in total. The third kappa shape index (κ3) is 2.11. The Balaban J connectivity index is 1.75. The van der Waals surface area contributed by atoms with E-state index >= 15 is 0 Å². The van der Waals surface area contributed by atoms with Gasteiger partial charge in [-0.15, -0.1) is 6.58 Å². The summed E-state index contributed by atoms with van der Waals surface area (Å²) in [5.74, 6) is 1.41. The Morgan fingerprint density at radius 3 is 2.95 bits per heavy atom. The van der Waals surface area contributed by atoms with Crippen LogP contribution in [-0.2, 0) is 6.42 Å². The van der Waals surface area contributed by atoms with E-state index in [1.54, 1.807) is 0 Å². The van der Waals surface area contributed by atoms with Crippen LogP contribution in [0.1, 0.15) is 30.1 Å². The van der Waals surface area contributed by atoms with Crippen LogP contribution < -0.4 is 0 Å². The van der Waals surface area contributed by atoms with Crippen molar-refractivity contribution < 1.29 is 5.11 Å². The van der Waals surface area contributed by atoms with Gasteiger partial charge in [0.15, 0.2) is 0 Å². The summed E-state index contributed by atoms with van der Waals surface area (Å²) in [7, 11) is 0. The van der Waals surface area contributed by atoms with E-state index in [2.05, 4.69) is 46.8 Å². The van der Waals surface area contributed by atoms with Crippen molar-refractivity contribution in [2.75, 3.05) is 19.7 Å². The van der Waals surface area contributed by atoms with Gasteiger partial charge in [0, 0.05) is 29.7 Å². The summed E-state index contributed by atoms with van der Waals surface area (Å²) < 4.78 is 0. The lowest BCUT2D eigenvalue weighted by molar-refractivity contribution is 0.0163. The molecule has 0 radical (unpaired) electrons. The molecule has 116 valence electrons. The van der Waals surface area contributed by atoms with Crippen molar-refractivity contribution >= 4 is 10.9 Å². The van der Waals surface area contributed by atoms with Gasteiger partial charge < -0.3 is 10.1 Å². The number of hydrogen-bond acceptors (Lipinski definition) is 2. The highest BCUT2D eigenvalue weighted by atomic mass is 16.2. The van der Waals surface area contributed by atoms with E-state index in [1.807, 2.05) is 0 Å². The Labute approximate surface area is 131 Å². The van der Waals surface area contributed by atoms with Crippen LogP contribution >= 0.6 is 0 Å². The van der Waals surface area contributed by atoms with Crippen LogP contribution in [-0.4, -0.2) is 34.7 Å². The second-order valence-electron chi connectivity index (χ2n) is 6.73. The summed E-state index contributed by atoms with van der Waals surface area (Å²) in [5, 5.41) is 10.8. The molecule has 0 aliphatic carbocycles. The maximum Gasteiger partial charge on any atom is 0.0504 e. The number of aromatic amines is 1. The molecular weight excluding hydrogens is 272 g/mol. The number of benzene rings is 1. The molecule has 3 heteroatoms. The molecule has 4 heterocycles. The van der Waals surface area contributed by atoms with Gasteiger partial charge in [0.1, 0.15) is 0 Å². The number of fused-ring (bicyclic) bond motifs is 4. The van der Waals surface area contributed by atoms with Gasteiger partial charge in [-0.3, -0.25) is 4.90 Å². The Hall–Kier alpha value is -1.58. The van der Waals surface area contributed by atoms with E-state index < -0.39 is 0 Å². The first kappa shape index (κ1) is 14.0. The number of aromatic nitrogens is 1. The first-order valence-electron chi connectivity index (χ1n) is 8.38. The van der Waals surface area contributed by atoms with Gasteiger partial charge in [-0.05, 0) is 49.3 Å². The van der Waals surface area contributed by atoms with Crippen molar-refractivity contribution in [2.24, 2.45) is 11.8 Å². The van der Waals surface area contributed by atoms with Gasteiger partial charge >= 0.3 is 0 Å². The smallest absolute Gasteiger partial charge is 0.0504 e. The van der Waals surface area contributed by atoms with Crippen LogP contribution in [0.4, 0.5) is 0 Å². The van der Waals surface area contributed by atoms with E-state index in [9.17, 15) is 5.11 Å². The summed E-state index contributed by atoms with van der Waals surface area (Å²) in [6, 6.07) is 8.95. The highest BCUT2D eigenvalue weighted by Crippen LogP contribution is 2.45. The zero-order chi connectivity index (χ0) is 15.1. The van der Waals surface area contributed by atoms with Crippen molar-refractivity contribution in [2.45, 2.75) is 25.3 Å². The maximum absolute atomic E-state index is 9.49. The summed E-state index contributed by atoms with van der Waals surface area (Å²) >= 11 is 0. The second-order valence-corrected chi connectivity index (χ2v) is 6.73. The van der Waals surface area contributed by atoms with Crippen molar-refractivity contribution in [3.63, 3.8) is 0 Å². The highest BCUT2D eigenvalue weighted by Gasteiger charge is 2.40. The van der Waals surface area contributed by atoms with Crippen LogP contribution in [0, 0.1) is 11.8 Å². The SMILES string of the molecule is C=C[C@@H]1CN2CC[C@H]1C[C@@H]2c1[nH]c2ccccc2c1CCO. The lowest BCUT2D eigenvalue weighted by atomic mass is 9.74. The molecule has 3 saturated heterocycles. The van der Waals surface area contributed by atoms with Crippen molar-refractivity contribution in [1.82, 2.24) is 9.88 Å². The van der Waals surface area contributed by atoms with Crippen LogP contribution in [0.2, 0.25) is 0 Å². The van der Waals surface area contributed by atoms with Gasteiger partial charge in [0.2, 0.25) is 0 Å². The van der Waals surface area contributed by atoms with E-state index in [0.29, 0.717) is 12.0 Å². The maximum atomic E-state index is 9.49. The van der Waals surface area contributed by atoms with Gasteiger partial charge in [0.25, 0.3) is 0 Å². The molecular formula is C19H24N2O. The number of hydrogen-bond donors (Lipinski definition) is 2. The molecule has 1 aromatic heterocycles. The van der Waals surface area contributed by atoms with Gasteiger partial charge in [0.05, 0.1) is 6.04 Å². The first-order valence-corrected chi connectivity index (χ1v) is 8.38. The Morgan fingerprint density at radius 2 is 2.23 bits per heavy atom. The predicted octanol–water partition coefficient (Wildman–Crippen LogP) is 3.27. The molecule has 0 amide bonds. The van der Waals surface area contributed by atoms with Crippen molar-refractivity contribution in [3.8, 4) is 0 Å². The molecule has 0 saturated carbocycles. The number of nitrogens with zero attached hydrogens (tertiary/aromatic N) is 1. The molecule has 0 spiro atoms. The molecule has 1 aromatic carbocycles. The minimum Gasteiger partial charge on any atom is -0.396 e. The largest absolute Gasteiger partial charge is 0.396 e. The summed E-state index contributed by atoms with van der Waals surface area (Å²) in [6.07, 6.45) is 5.39. The molecule has 3 aliphatic heterocycles. The van der Waals surface area contributed by atoms with E-state index in [4.69, 9.17) is 0 Å². The van der Waals surface area contributed by atoms with Gasteiger partial charge in [-0.25, -0.2) is 0 Å². The topological polar surface area (TPSA) is 39.3 Å². The van der Waals surface area contributed by atoms with Crippen molar-refractivity contribution in [3.05, 3.63) is 48.2 Å². The third-order valence-corrected chi connectivity index (χ3v) is 5.65. The lowest BCUT2D eigenvalue weighted by Gasteiger charge is -2.49. The van der Waals surface area contributed by atoms with E-state index in [1.165, 1.54) is 41.5 Å². The zero-order valence-corrected chi connectivity index (χ0v) is 13.0. The van der Waals surface area contributed by atoms with Gasteiger partial charge in [-0.2, -0.15) is 0 Å². The number of H-pyrrole nitrogens is 1. The number of para-hydroxylation sites is 1. The number of rotatable bonds is 4. The number of aliphatic hydroxyl groups excluding tert-OH is 1. The molecule has 3 aliphatic rings. The number of aliphatic hydroxyl groups is 1. The minimum absolute atomic E-state index is 0.209. The van der Waals surface area contributed by atoms with Crippen LogP contribution in [0.5, 0.6) is 0 Å². The molecule has 22 heavy (non-hydrogen) atoms. The van der Waals surface area contributed by atoms with Crippen LogP contribution in [0.15, 0.2) is 36.9 Å². The summed E-state index contributed by atoms with van der Waals surface area (Å²) in [4.78, 5) is 6.27. The zero-order valence-electron chi connectivity index (χ0n) is 13.0. The molecule has 3 fully saturated rings. The molecule has 2 bridgehead atoms. The van der Waals surface area contributed by atoms with E-state index in [-0.39, 0.29) is 6.61 Å². The molecule has 5 rings (SSSR count). The van der Waals surface area contributed by atoms with Crippen LogP contribution in [0.25, 0.3) is 10.9 Å². The quantitative estimate of drug-likeness (QED) is 0.850. The predicted molar refractivity (Wildman–Crippen MR) is 89.8 cm³/mol. The molecule has 3 nitrogen and oxygen atoms in total. The minimum atomic E-state index is 0.209. The average Bonchev–Trinajstić information content (AvgIpc) is 2.94. The van der Waals surface area contributed by atoms with Crippen LogP contribution in [0.3, 0.4) is 0 Å². The fraction of sp³-hybridized carbons (Fsp3) is 0.474. The summed E-state index contributed by atoms with van der Waals surface area (Å²) in [6.45, 7) is 6.54. The van der Waals surface area contributed by atoms with Crippen molar-refractivity contribution in [1.29, 1.82) is 0 Å². The fourth-order valence-electron chi connectivity index (χ4n) is 4.52. The Bertz CT molecular complexity index is 690. The fourth-order valence-corrected chi connectivity index (χ4v) is 4.52. The Kier molecular flexibility index (Phi) is 3.55. The molecule has 1 unspecified atom stereocenters. The lowest BCUT2D eigenvalue weighted by Crippen LogP contribution is -2.48. The third-order valence-electron chi connectivity index (χ3n) is 5.65. The standard InChI is InChI=1S/C19H24N2O/c1-2-13-12-21-9-7-14(13)11-18(21)19-16(8-10-22)15-5-3-4-6-17(15)20-19/h2-6,13-14,18,20,22H,1,7-12H2/t13-,14+,18-/m1/s1. The molecule has 4 atom stereocenters. The second kappa shape index (κ2) is 5.56. The average molecular weight is 296 g/mol. The van der Waals surface area contributed by atoms with Gasteiger partial charge in [-0.1, -0.05) is 24.3 Å². The van der Waals surface area contributed by atoms with E-state index in [0.717, 1.165) is 18.9 Å². The normalized spacial score (nSPS) is 30.8. The summed E-state index contributed by atoms with van der Waals surface area (Å²) in [5.41, 5.74) is 3.84. The highest BCUT2D eigenvalue weighted by molar-refractivity contribution is 5.84. The first-order chi connectivity index (χ1) is 10.8. The number of piperidine rings is 3. The number of nitrogens with one attached hydrogen (secondary N) is 1. The molecule has 2 aromatic rings.